The molecule has 0 aliphatic heterocycles. The number of anilines is 1. The standard InChI is InChI=1S/C9H9N3S/c1-6-8(7-2-3-13-4-7)11-5-12-9(6)10/h2-5H,1H3,(H2,10,11,12). The molecule has 4 heteroatoms. The molecule has 0 aromatic carbocycles. The lowest BCUT2D eigenvalue weighted by Gasteiger charge is -2.03. The predicted molar refractivity (Wildman–Crippen MR) is 54.5 cm³/mol. The summed E-state index contributed by atoms with van der Waals surface area (Å²) in [5.74, 6) is 0.552. The van der Waals surface area contributed by atoms with Gasteiger partial charge in [0.1, 0.15) is 12.1 Å². The molecule has 2 heterocycles. The third kappa shape index (κ3) is 1.40. The summed E-state index contributed by atoms with van der Waals surface area (Å²) in [6, 6.07) is 2.03. The monoisotopic (exact) mass is 191 g/mol. The molecule has 66 valence electrons. The van der Waals surface area contributed by atoms with Gasteiger partial charge in [0.25, 0.3) is 0 Å². The number of hydrogen-bond donors (Lipinski definition) is 1. The second kappa shape index (κ2) is 3.14. The maximum atomic E-state index is 5.68. The van der Waals surface area contributed by atoms with Crippen LogP contribution in [0.15, 0.2) is 23.2 Å². The van der Waals surface area contributed by atoms with Crippen LogP contribution < -0.4 is 5.73 Å². The Labute approximate surface area is 80.3 Å². The lowest BCUT2D eigenvalue weighted by atomic mass is 10.1. The predicted octanol–water partition coefficient (Wildman–Crippen LogP) is 2.10. The maximum Gasteiger partial charge on any atom is 0.130 e. The van der Waals surface area contributed by atoms with Crippen molar-refractivity contribution in [3.8, 4) is 11.3 Å². The lowest BCUT2D eigenvalue weighted by Crippen LogP contribution is -1.97. The van der Waals surface area contributed by atoms with Crippen molar-refractivity contribution in [2.45, 2.75) is 6.92 Å². The van der Waals surface area contributed by atoms with Crippen molar-refractivity contribution in [2.24, 2.45) is 0 Å². The summed E-state index contributed by atoms with van der Waals surface area (Å²) in [5.41, 5.74) is 8.66. The third-order valence-corrected chi connectivity index (χ3v) is 2.60. The van der Waals surface area contributed by atoms with Gasteiger partial charge in [0.15, 0.2) is 0 Å². The maximum absolute atomic E-state index is 5.68. The lowest BCUT2D eigenvalue weighted by molar-refractivity contribution is 1.15. The summed E-state index contributed by atoms with van der Waals surface area (Å²) < 4.78 is 0. The van der Waals surface area contributed by atoms with E-state index < -0.39 is 0 Å². The normalized spacial score (nSPS) is 10.2. The highest BCUT2D eigenvalue weighted by Gasteiger charge is 2.06. The van der Waals surface area contributed by atoms with Crippen molar-refractivity contribution in [2.75, 3.05) is 5.73 Å². The molecule has 13 heavy (non-hydrogen) atoms. The Morgan fingerprint density at radius 2 is 2.23 bits per heavy atom. The van der Waals surface area contributed by atoms with Crippen molar-refractivity contribution in [3.05, 3.63) is 28.7 Å². The number of rotatable bonds is 1. The van der Waals surface area contributed by atoms with Crippen LogP contribution in [0, 0.1) is 6.92 Å². The van der Waals surface area contributed by atoms with Gasteiger partial charge in [-0.05, 0) is 18.4 Å². The van der Waals surface area contributed by atoms with E-state index in [-0.39, 0.29) is 0 Å². The number of nitrogen functional groups attached to an aromatic ring is 1. The average Bonchev–Trinajstić information content (AvgIpc) is 2.62. The Morgan fingerprint density at radius 3 is 2.92 bits per heavy atom. The Kier molecular flexibility index (Phi) is 1.98. The number of nitrogens with zero attached hydrogens (tertiary/aromatic N) is 2. The molecule has 0 aliphatic rings. The van der Waals surface area contributed by atoms with Crippen molar-refractivity contribution in [3.63, 3.8) is 0 Å². The molecule has 2 aromatic rings. The quantitative estimate of drug-likeness (QED) is 0.751. The first kappa shape index (κ1) is 8.19. The minimum absolute atomic E-state index is 0.552. The van der Waals surface area contributed by atoms with Crippen molar-refractivity contribution < 1.29 is 0 Å². The number of hydrogen-bond acceptors (Lipinski definition) is 4. The van der Waals surface area contributed by atoms with Crippen molar-refractivity contribution in [1.82, 2.24) is 9.97 Å². The Morgan fingerprint density at radius 1 is 1.38 bits per heavy atom. The fraction of sp³-hybridized carbons (Fsp3) is 0.111. The van der Waals surface area contributed by atoms with Gasteiger partial charge >= 0.3 is 0 Å². The number of nitrogens with two attached hydrogens (primary N) is 1. The van der Waals surface area contributed by atoms with E-state index in [1.165, 1.54) is 6.33 Å². The summed E-state index contributed by atoms with van der Waals surface area (Å²) in [6.07, 6.45) is 1.50. The van der Waals surface area contributed by atoms with Gasteiger partial charge in [-0.3, -0.25) is 0 Å². The molecule has 0 amide bonds. The van der Waals surface area contributed by atoms with E-state index in [4.69, 9.17) is 5.73 Å². The van der Waals surface area contributed by atoms with E-state index in [0.29, 0.717) is 5.82 Å². The second-order valence-electron chi connectivity index (χ2n) is 2.74. The summed E-state index contributed by atoms with van der Waals surface area (Å²) >= 11 is 1.65. The van der Waals surface area contributed by atoms with Gasteiger partial charge in [0.05, 0.1) is 5.69 Å². The minimum Gasteiger partial charge on any atom is -0.383 e. The summed E-state index contributed by atoms with van der Waals surface area (Å²) in [4.78, 5) is 8.12. The zero-order valence-corrected chi connectivity index (χ0v) is 8.01. The minimum atomic E-state index is 0.552. The molecule has 2 rings (SSSR count). The fourth-order valence-electron chi connectivity index (χ4n) is 1.15. The highest BCUT2D eigenvalue weighted by atomic mass is 32.1. The molecule has 0 spiro atoms. The highest BCUT2D eigenvalue weighted by molar-refractivity contribution is 7.08. The fourth-order valence-corrected chi connectivity index (χ4v) is 1.79. The van der Waals surface area contributed by atoms with Crippen LogP contribution in [0.3, 0.4) is 0 Å². The number of thiophene rings is 1. The van der Waals surface area contributed by atoms with Crippen LogP contribution in [0.25, 0.3) is 11.3 Å². The molecule has 2 N–H and O–H groups in total. The first-order chi connectivity index (χ1) is 6.29. The van der Waals surface area contributed by atoms with E-state index in [0.717, 1.165) is 16.8 Å². The molecule has 0 unspecified atom stereocenters. The molecule has 0 bridgehead atoms. The van der Waals surface area contributed by atoms with Crippen LogP contribution >= 0.6 is 11.3 Å². The van der Waals surface area contributed by atoms with Crippen LogP contribution in [0.4, 0.5) is 5.82 Å². The SMILES string of the molecule is Cc1c(N)ncnc1-c1ccsc1. The first-order valence-electron chi connectivity index (χ1n) is 3.88. The Hall–Kier alpha value is -1.42. The van der Waals surface area contributed by atoms with Crippen LogP contribution in [0.2, 0.25) is 0 Å². The Balaban J connectivity index is 2.59. The van der Waals surface area contributed by atoms with Crippen LogP contribution in [-0.2, 0) is 0 Å². The van der Waals surface area contributed by atoms with Gasteiger partial charge in [-0.15, -0.1) is 0 Å². The number of aromatic nitrogens is 2. The summed E-state index contributed by atoms with van der Waals surface area (Å²) in [6.45, 7) is 1.93. The first-order valence-corrected chi connectivity index (χ1v) is 4.83. The smallest absolute Gasteiger partial charge is 0.130 e. The van der Waals surface area contributed by atoms with E-state index in [9.17, 15) is 0 Å². The molecule has 0 atom stereocenters. The van der Waals surface area contributed by atoms with E-state index in [2.05, 4.69) is 15.3 Å². The molecule has 0 radical (unpaired) electrons. The van der Waals surface area contributed by atoms with Crippen molar-refractivity contribution >= 4 is 17.2 Å². The van der Waals surface area contributed by atoms with E-state index >= 15 is 0 Å². The van der Waals surface area contributed by atoms with Gasteiger partial charge in [0, 0.05) is 16.5 Å². The van der Waals surface area contributed by atoms with E-state index in [1.807, 2.05) is 18.4 Å². The zero-order chi connectivity index (χ0) is 9.26. The molecule has 2 aromatic heterocycles. The molecule has 0 saturated heterocycles. The zero-order valence-electron chi connectivity index (χ0n) is 7.19. The molecule has 0 fully saturated rings. The van der Waals surface area contributed by atoms with Gasteiger partial charge in [-0.2, -0.15) is 11.3 Å². The largest absolute Gasteiger partial charge is 0.383 e. The summed E-state index contributed by atoms with van der Waals surface area (Å²) in [5, 5.41) is 4.07. The van der Waals surface area contributed by atoms with Crippen LogP contribution in [0.5, 0.6) is 0 Å². The van der Waals surface area contributed by atoms with Crippen LogP contribution in [-0.4, -0.2) is 9.97 Å². The van der Waals surface area contributed by atoms with Gasteiger partial charge < -0.3 is 5.73 Å². The van der Waals surface area contributed by atoms with Gasteiger partial charge in [-0.25, -0.2) is 9.97 Å². The molecule has 3 nitrogen and oxygen atoms in total. The third-order valence-electron chi connectivity index (χ3n) is 1.92. The Bertz CT molecular complexity index is 409. The molecular formula is C9H9N3S. The average molecular weight is 191 g/mol. The summed E-state index contributed by atoms with van der Waals surface area (Å²) in [7, 11) is 0. The van der Waals surface area contributed by atoms with Crippen molar-refractivity contribution in [1.29, 1.82) is 0 Å². The highest BCUT2D eigenvalue weighted by Crippen LogP contribution is 2.24. The molecule has 0 saturated carbocycles. The molecule has 0 aliphatic carbocycles. The van der Waals surface area contributed by atoms with Gasteiger partial charge in [-0.1, -0.05) is 0 Å². The van der Waals surface area contributed by atoms with Crippen LogP contribution in [0.1, 0.15) is 5.56 Å². The topological polar surface area (TPSA) is 51.8 Å². The van der Waals surface area contributed by atoms with E-state index in [1.54, 1.807) is 11.3 Å². The van der Waals surface area contributed by atoms with Gasteiger partial charge in [0.2, 0.25) is 0 Å². The second-order valence-corrected chi connectivity index (χ2v) is 3.52. The molecular weight excluding hydrogens is 182 g/mol.